The molecule has 1 atom stereocenters. The summed E-state index contributed by atoms with van der Waals surface area (Å²) in [6, 6.07) is 4.52. The Balaban J connectivity index is 2.79. The standard InChI is InChI=1S/C10H14N2O2S/c11-8-3-6(1-2-7(8)5-15)4-9(12)10(13)14/h1-3,9,15H,4-5,11-12H2,(H,13,14). The van der Waals surface area contributed by atoms with Gasteiger partial charge in [-0.15, -0.1) is 0 Å². The SMILES string of the molecule is Nc1cc(CC(N)C(=O)O)ccc1CS. The molecule has 15 heavy (non-hydrogen) atoms. The molecule has 0 bridgehead atoms. The Kier molecular flexibility index (Phi) is 3.99. The number of carboxylic acids is 1. The Morgan fingerprint density at radius 3 is 2.67 bits per heavy atom. The fraction of sp³-hybridized carbons (Fsp3) is 0.300. The van der Waals surface area contributed by atoms with E-state index in [0.717, 1.165) is 11.1 Å². The zero-order valence-corrected chi connectivity index (χ0v) is 9.08. The molecule has 4 nitrogen and oxygen atoms in total. The van der Waals surface area contributed by atoms with Crippen molar-refractivity contribution in [2.24, 2.45) is 5.73 Å². The van der Waals surface area contributed by atoms with Gasteiger partial charge in [0.25, 0.3) is 0 Å². The lowest BCUT2D eigenvalue weighted by atomic mass is 10.0. The van der Waals surface area contributed by atoms with Gasteiger partial charge in [0.15, 0.2) is 0 Å². The van der Waals surface area contributed by atoms with Gasteiger partial charge in [-0.2, -0.15) is 12.6 Å². The number of carbonyl (C=O) groups is 1. The molecule has 0 saturated carbocycles. The Labute approximate surface area is 93.7 Å². The van der Waals surface area contributed by atoms with Crippen LogP contribution in [0.25, 0.3) is 0 Å². The fourth-order valence-corrected chi connectivity index (χ4v) is 1.54. The van der Waals surface area contributed by atoms with E-state index in [1.165, 1.54) is 0 Å². The molecular formula is C10H14N2O2S. The van der Waals surface area contributed by atoms with Crippen LogP contribution in [0.1, 0.15) is 11.1 Å². The molecule has 82 valence electrons. The van der Waals surface area contributed by atoms with Crippen molar-refractivity contribution in [3.63, 3.8) is 0 Å². The molecule has 0 radical (unpaired) electrons. The molecule has 0 aliphatic rings. The quantitative estimate of drug-likeness (QED) is 0.448. The second-order valence-corrected chi connectivity index (χ2v) is 3.66. The summed E-state index contributed by atoms with van der Waals surface area (Å²) in [6.07, 6.45) is 0.284. The molecule has 5 heteroatoms. The van der Waals surface area contributed by atoms with E-state index in [1.807, 2.05) is 12.1 Å². The second kappa shape index (κ2) is 5.04. The topological polar surface area (TPSA) is 89.3 Å². The van der Waals surface area contributed by atoms with Crippen molar-refractivity contribution in [2.75, 3.05) is 5.73 Å². The first kappa shape index (κ1) is 11.9. The van der Waals surface area contributed by atoms with Crippen LogP contribution >= 0.6 is 12.6 Å². The number of aliphatic carboxylic acids is 1. The maximum Gasteiger partial charge on any atom is 0.320 e. The summed E-state index contributed by atoms with van der Waals surface area (Å²) >= 11 is 4.12. The van der Waals surface area contributed by atoms with Crippen molar-refractivity contribution < 1.29 is 9.90 Å². The summed E-state index contributed by atoms with van der Waals surface area (Å²) in [5.41, 5.74) is 13.5. The van der Waals surface area contributed by atoms with Crippen molar-refractivity contribution in [3.8, 4) is 0 Å². The van der Waals surface area contributed by atoms with Gasteiger partial charge in [0, 0.05) is 11.4 Å². The number of hydrogen-bond acceptors (Lipinski definition) is 4. The lowest BCUT2D eigenvalue weighted by Gasteiger charge is -2.09. The molecule has 1 unspecified atom stereocenters. The monoisotopic (exact) mass is 226 g/mol. The zero-order valence-electron chi connectivity index (χ0n) is 8.18. The smallest absolute Gasteiger partial charge is 0.320 e. The van der Waals surface area contributed by atoms with Crippen molar-refractivity contribution in [3.05, 3.63) is 29.3 Å². The molecule has 5 N–H and O–H groups in total. The lowest BCUT2D eigenvalue weighted by molar-refractivity contribution is -0.138. The van der Waals surface area contributed by atoms with Crippen LogP contribution < -0.4 is 11.5 Å². The number of benzene rings is 1. The average Bonchev–Trinajstić information content (AvgIpc) is 2.18. The molecular weight excluding hydrogens is 212 g/mol. The maximum atomic E-state index is 10.5. The zero-order chi connectivity index (χ0) is 11.4. The molecule has 0 amide bonds. The van der Waals surface area contributed by atoms with Crippen molar-refractivity contribution in [2.45, 2.75) is 18.2 Å². The highest BCUT2D eigenvalue weighted by Gasteiger charge is 2.12. The number of thiol groups is 1. The third-order valence-corrected chi connectivity index (χ3v) is 2.49. The minimum absolute atomic E-state index is 0.284. The van der Waals surface area contributed by atoms with E-state index in [4.69, 9.17) is 16.6 Å². The number of rotatable bonds is 4. The number of hydrogen-bond donors (Lipinski definition) is 4. The Morgan fingerprint density at radius 1 is 1.53 bits per heavy atom. The molecule has 0 fully saturated rings. The second-order valence-electron chi connectivity index (χ2n) is 3.34. The van der Waals surface area contributed by atoms with Crippen molar-refractivity contribution in [1.29, 1.82) is 0 Å². The van der Waals surface area contributed by atoms with Gasteiger partial charge in [-0.3, -0.25) is 4.79 Å². The van der Waals surface area contributed by atoms with E-state index in [9.17, 15) is 4.79 Å². The van der Waals surface area contributed by atoms with Crippen molar-refractivity contribution in [1.82, 2.24) is 0 Å². The molecule has 1 aromatic rings. The van der Waals surface area contributed by atoms with Crippen LogP contribution in [0.5, 0.6) is 0 Å². The van der Waals surface area contributed by atoms with E-state index in [2.05, 4.69) is 12.6 Å². The van der Waals surface area contributed by atoms with Gasteiger partial charge in [-0.1, -0.05) is 12.1 Å². The first-order valence-corrected chi connectivity index (χ1v) is 5.14. The maximum absolute atomic E-state index is 10.5. The summed E-state index contributed by atoms with van der Waals surface area (Å²) in [5, 5.41) is 8.64. The Hall–Kier alpha value is -1.20. The molecule has 0 saturated heterocycles. The molecule has 0 aliphatic heterocycles. The third-order valence-electron chi connectivity index (χ3n) is 2.15. The highest BCUT2D eigenvalue weighted by molar-refractivity contribution is 7.79. The van der Waals surface area contributed by atoms with E-state index < -0.39 is 12.0 Å². The molecule has 0 aromatic heterocycles. The van der Waals surface area contributed by atoms with Gasteiger partial charge in [-0.05, 0) is 23.6 Å². The van der Waals surface area contributed by atoms with E-state index in [-0.39, 0.29) is 6.42 Å². The molecule has 1 aromatic carbocycles. The van der Waals surface area contributed by atoms with E-state index in [1.54, 1.807) is 6.07 Å². The normalized spacial score (nSPS) is 12.4. The molecule has 0 spiro atoms. The number of nitrogens with two attached hydrogens (primary N) is 2. The number of anilines is 1. The average molecular weight is 226 g/mol. The third kappa shape index (κ3) is 3.14. The molecule has 0 heterocycles. The Bertz CT molecular complexity index is 368. The van der Waals surface area contributed by atoms with Gasteiger partial charge >= 0.3 is 5.97 Å². The highest BCUT2D eigenvalue weighted by Crippen LogP contribution is 2.16. The number of carboxylic acid groups (broad SMARTS) is 1. The summed E-state index contributed by atoms with van der Waals surface area (Å²) in [7, 11) is 0. The Morgan fingerprint density at radius 2 is 2.20 bits per heavy atom. The first-order valence-electron chi connectivity index (χ1n) is 4.51. The molecule has 1 rings (SSSR count). The summed E-state index contributed by atoms with van der Waals surface area (Å²) in [5.74, 6) is -0.441. The van der Waals surface area contributed by atoms with Gasteiger partial charge in [0.05, 0.1) is 0 Å². The minimum atomic E-state index is -1.01. The summed E-state index contributed by atoms with van der Waals surface area (Å²) in [4.78, 5) is 10.5. The van der Waals surface area contributed by atoms with Crippen LogP contribution in [-0.2, 0) is 17.0 Å². The van der Waals surface area contributed by atoms with Crippen molar-refractivity contribution >= 4 is 24.3 Å². The van der Waals surface area contributed by atoms with E-state index >= 15 is 0 Å². The van der Waals surface area contributed by atoms with Crippen LogP contribution in [0, 0.1) is 0 Å². The van der Waals surface area contributed by atoms with Crippen LogP contribution in [0.3, 0.4) is 0 Å². The van der Waals surface area contributed by atoms with E-state index in [0.29, 0.717) is 11.4 Å². The predicted octanol–water partition coefficient (Wildman–Crippen LogP) is 0.653. The fourth-order valence-electron chi connectivity index (χ4n) is 1.26. The predicted molar refractivity (Wildman–Crippen MR) is 62.9 cm³/mol. The number of nitrogen functional groups attached to an aromatic ring is 1. The van der Waals surface area contributed by atoms with Crippen LogP contribution in [0.15, 0.2) is 18.2 Å². The first-order chi connectivity index (χ1) is 7.04. The summed E-state index contributed by atoms with van der Waals surface area (Å²) < 4.78 is 0. The van der Waals surface area contributed by atoms with Gasteiger partial charge in [-0.25, -0.2) is 0 Å². The van der Waals surface area contributed by atoms with Gasteiger partial charge in [0.2, 0.25) is 0 Å². The van der Waals surface area contributed by atoms with Gasteiger partial charge in [0.1, 0.15) is 6.04 Å². The van der Waals surface area contributed by atoms with Gasteiger partial charge < -0.3 is 16.6 Å². The minimum Gasteiger partial charge on any atom is -0.480 e. The van der Waals surface area contributed by atoms with Crippen LogP contribution in [0.2, 0.25) is 0 Å². The van der Waals surface area contributed by atoms with Crippen LogP contribution in [0.4, 0.5) is 5.69 Å². The lowest BCUT2D eigenvalue weighted by Crippen LogP contribution is -2.32. The highest BCUT2D eigenvalue weighted by atomic mass is 32.1. The van der Waals surface area contributed by atoms with Crippen LogP contribution in [-0.4, -0.2) is 17.1 Å². The largest absolute Gasteiger partial charge is 0.480 e. The molecule has 0 aliphatic carbocycles. The summed E-state index contributed by atoms with van der Waals surface area (Å²) in [6.45, 7) is 0.